The number of aromatic nitrogens is 1. The fourth-order valence-electron chi connectivity index (χ4n) is 10.1. The first-order valence-corrected chi connectivity index (χ1v) is 24.4. The Morgan fingerprint density at radius 1 is 0.826 bits per heavy atom. The summed E-state index contributed by atoms with van der Waals surface area (Å²) in [6, 6.07) is 8.35. The van der Waals surface area contributed by atoms with E-state index in [0.717, 1.165) is 16.7 Å². The Kier molecular flexibility index (Phi) is 11.2. The fraction of sp³-hybridized carbons (Fsp3) is 0.625. The van der Waals surface area contributed by atoms with Crippen molar-refractivity contribution in [2.24, 2.45) is 22.2 Å². The van der Waals surface area contributed by atoms with Crippen LogP contribution in [0.3, 0.4) is 0 Å². The number of nitrogens with one attached hydrogen (secondary N) is 4. The molecule has 13 heteroatoms. The maximum atomic E-state index is 15.7. The van der Waals surface area contributed by atoms with Crippen LogP contribution in [0.2, 0.25) is 0 Å². The Bertz CT molecular complexity index is 2610. The summed E-state index contributed by atoms with van der Waals surface area (Å²) < 4.78 is 199. The van der Waals surface area contributed by atoms with Crippen molar-refractivity contribution in [3.05, 3.63) is 88.5 Å². The zero-order valence-electron chi connectivity index (χ0n) is 80.8. The minimum Gasteiger partial charge on any atom is -0.453 e. The molecule has 3 rings (SSSR count). The number of alkyl carbamates (subject to hydrolysis) is 2. The molecular formula is C56H386N6O7. The summed E-state index contributed by atoms with van der Waals surface area (Å²) in [7, 11) is 1.21. The maximum Gasteiger partial charge on any atom is 0.408 e. The third-order valence-electron chi connectivity index (χ3n) is 15.8. The first kappa shape index (κ1) is 35.1. The van der Waals surface area contributed by atoms with E-state index in [0.29, 0.717) is 24.1 Å². The number of carbonyl (C=O) groups excluding carboxylic acids is 4. The zero-order chi connectivity index (χ0) is 87.5. The van der Waals surface area contributed by atoms with Gasteiger partial charge in [-0.05, 0) is 132 Å². The van der Waals surface area contributed by atoms with E-state index in [1.165, 1.54) is 12.1 Å². The molecule has 13 nitrogen and oxygen atoms in total. The third-order valence-corrected chi connectivity index (χ3v) is 15.8. The predicted octanol–water partition coefficient (Wildman–Crippen LogP) is 47.3. The van der Waals surface area contributed by atoms with E-state index in [2.05, 4.69) is 26.4 Å². The number of aliphatic hydroxyl groups is 1. The summed E-state index contributed by atoms with van der Waals surface area (Å²) in [5.74, 6) is -1.39. The highest BCUT2D eigenvalue weighted by molar-refractivity contribution is 5.91. The van der Waals surface area contributed by atoms with Crippen LogP contribution in [0.1, 0.15) is 400 Å². The molecule has 0 aliphatic heterocycles. The molecule has 0 saturated carbocycles. The van der Waals surface area contributed by atoms with Gasteiger partial charge in [0.2, 0.25) is 5.91 Å². The van der Waals surface area contributed by atoms with Crippen molar-refractivity contribution in [2.45, 2.75) is 192 Å². The second-order valence-corrected chi connectivity index (χ2v) is 22.6. The molecule has 3 aromatic rings. The molecular weight excluding hydrogens is 869 g/mol. The summed E-state index contributed by atoms with van der Waals surface area (Å²) in [5, 5.41) is 24.2. The number of rotatable bonds is 20. The van der Waals surface area contributed by atoms with E-state index < -0.39 is 87.1 Å². The molecule has 2 aromatic carbocycles. The molecule has 5 N–H and O–H groups in total. The number of hydrogen-bond acceptors (Lipinski definition) is 9. The van der Waals surface area contributed by atoms with Crippen LogP contribution < -0.4 is 21.4 Å². The lowest BCUT2D eigenvalue weighted by Crippen LogP contribution is -2.73. The van der Waals surface area contributed by atoms with Crippen LogP contribution in [-0.4, -0.2) is 82.1 Å². The lowest BCUT2D eigenvalue weighted by atomic mass is 9.55. The molecule has 4 amide bonds. The average Bonchev–Trinajstić information content (AvgIpc) is 0.727. The molecule has 0 radical (unpaired) electrons. The Labute approximate surface area is 666 Å². The zero-order valence-corrected chi connectivity index (χ0v) is 45.8. The van der Waals surface area contributed by atoms with E-state index >= 15 is 9.59 Å². The van der Waals surface area contributed by atoms with E-state index in [-0.39, 0.29) is 225 Å². The molecule has 0 spiro atoms. The molecule has 682 valence electrons. The van der Waals surface area contributed by atoms with Gasteiger partial charge in [0, 0.05) is 266 Å². The number of aryl methyl sites for hydroxylation is 2. The normalized spacial score (nSPS) is 19.3. The van der Waals surface area contributed by atoms with Gasteiger partial charge in [0.15, 0.2) is 0 Å². The predicted molar refractivity (Wildman–Crippen MR) is 592 cm³/mol. The maximum absolute atomic E-state index is 15.7. The highest BCUT2D eigenvalue weighted by atomic mass is 16.6. The summed E-state index contributed by atoms with van der Waals surface area (Å²) in [4.78, 5) is 62.3. The molecule has 1 aromatic heterocycles. The lowest BCUT2D eigenvalue weighted by molar-refractivity contribution is -0.146. The van der Waals surface area contributed by atoms with E-state index in [1.54, 1.807) is 60.7 Å². The van der Waals surface area contributed by atoms with Crippen molar-refractivity contribution >= 4 is 24.0 Å². The summed E-state index contributed by atoms with van der Waals surface area (Å²) in [6.45, 7) is 36.7. The number of amides is 4. The number of nitrogens with zero attached hydrogens (tertiary/aromatic N) is 2. The molecule has 0 saturated heterocycles. The van der Waals surface area contributed by atoms with Crippen LogP contribution in [0, 0.1) is 42.9 Å². The Morgan fingerprint density at radius 3 is 1.93 bits per heavy atom. The summed E-state index contributed by atoms with van der Waals surface area (Å²) in [5.41, 5.74) is -1.99. The van der Waals surface area contributed by atoms with Crippen LogP contribution in [0.5, 0.6) is 0 Å². The quantitative estimate of drug-likeness (QED) is 0.0691. The first-order valence-electron chi connectivity index (χ1n) is 41.9. The van der Waals surface area contributed by atoms with Crippen LogP contribution in [0.4, 0.5) is 9.59 Å². The van der Waals surface area contributed by atoms with Gasteiger partial charge in [-0.15, -0.1) is 0 Å². The van der Waals surface area contributed by atoms with Crippen molar-refractivity contribution in [3.63, 3.8) is 0 Å². The van der Waals surface area contributed by atoms with E-state index in [1.807, 2.05) is 120 Å². The fourth-order valence-corrected chi connectivity index (χ4v) is 10.1. The van der Waals surface area contributed by atoms with Gasteiger partial charge in [-0.3, -0.25) is 20.0 Å². The Balaban J connectivity index is -0.00000000321. The second-order valence-electron chi connectivity index (χ2n) is 22.6. The van der Waals surface area contributed by atoms with Crippen molar-refractivity contribution in [1.29, 1.82) is 0 Å². The molecule has 0 fully saturated rings. The van der Waals surface area contributed by atoms with E-state index in [4.69, 9.17) is 57.0 Å². The highest BCUT2D eigenvalue weighted by Crippen LogP contribution is 2.50. The monoisotopic (exact) mass is 1290 g/mol. The standard InChI is InChI=1S/C56H88N6O7.149H2/c1-22-53(17,35(3)4)44(58-48(65)68-21)45(63)61-62(52(15,16)42-31-30-40(33-39(42)9)43-38(8)28-26-32-57-43)34-54(18,67)46(51(13,14)41-29-25-24-27-37(41)7)59-47(64)56(20,60-49(66)69-36(5)6)55(19,23-2)50(10,11)12;;;;;;;;;;;;;;;;;;;;;;;;;;;;;;;;;;;;;;;;;;;;;;;;;;;;;;;;;;;;;;;;;;;;;;;;;;;;;;;;;;;;;;;;;;;;;;;;;;;;;;;;;;;;;;;;;;;;;;;;;;;;;;;;;;;;;;;;;;;;;;;;;;;;;/h24-33,35-36,44,46,67H,22-23,34H2,1-21H3,(H,58,65)(H,59,64)(H,60,66)(H,61,63);149*1H/t44-,46+,53?,54+,55?,56-;;;;;;;;;;;;;;;;;;;;;;;;;;;;;;;;;;;;;;;;;;;;;;;;;;;;;;;;;;;;;;;;;;;;;;;;;;;;;;;;;;;;;;;;;;;;;;;;;;;;;;;;;;;;;;;;;;;;;;;;;;;;;;;;;;;;;;;;;;;;;;;;;;;;;/m1...................................................................................................................................................../s1/i30D,31D,33D;16*1+1D;;;;;;;;;;;;;;;;;;;;;;;;;;;;;;;;;;;;;;;;;;;;;;;;;;;;;;;;;;;;;;;;;;;;;;;;;;;;;;;;;;;;;;;;;;;;;;;;;;;;;;;;;;;;;;;;;;;;;;;;;;;;;;;;;;;;;. The van der Waals surface area contributed by atoms with Crippen LogP contribution in [0.25, 0.3) is 11.3 Å². The third kappa shape index (κ3) is 12.3. The molecule has 69 heavy (non-hydrogen) atoms. The smallest absolute Gasteiger partial charge is 0.408 e. The Hall–Kier alpha value is -5.01. The molecule has 0 bridgehead atoms. The van der Waals surface area contributed by atoms with Crippen molar-refractivity contribution < 1.29 is 275 Å². The number of methoxy groups -OCH3 is 1. The second kappa shape index (κ2) is 22.0. The number of hydrogen-bond donors (Lipinski definition) is 5. The van der Waals surface area contributed by atoms with Crippen LogP contribution in [-0.2, 0) is 30.0 Å². The van der Waals surface area contributed by atoms with Gasteiger partial charge in [0.1, 0.15) is 11.6 Å². The number of carbonyl (C=O) groups is 4. The Morgan fingerprint density at radius 2 is 1.42 bits per heavy atom. The molecule has 1 heterocycles. The van der Waals surface area contributed by atoms with Crippen LogP contribution >= 0.6 is 0 Å². The number of ether oxygens (including phenoxy) is 2. The van der Waals surface area contributed by atoms with Gasteiger partial charge in [0.05, 0.1) is 40.2 Å². The minimum absolute atomic E-state index is 0. The van der Waals surface area contributed by atoms with E-state index in [9.17, 15) is 18.8 Å². The summed E-state index contributed by atoms with van der Waals surface area (Å²) in [6.07, 6.45) is 0.387. The van der Waals surface area contributed by atoms with Crippen molar-refractivity contribution in [2.75, 3.05) is 13.7 Å². The molecule has 6 atom stereocenters. The first-order chi connectivity index (χ1) is 48.9. The van der Waals surface area contributed by atoms with Crippen molar-refractivity contribution in [1.82, 2.24) is 31.4 Å². The molecule has 0 aliphatic carbocycles. The largest absolute Gasteiger partial charge is 0.453 e. The number of pyridine rings is 1. The average molecular weight is 1290 g/mol. The van der Waals surface area contributed by atoms with Gasteiger partial charge in [-0.1, -0.05) is 119 Å². The highest BCUT2D eigenvalue weighted by Gasteiger charge is 2.58. The van der Waals surface area contributed by atoms with Gasteiger partial charge in [-0.25, -0.2) is 14.6 Å². The summed E-state index contributed by atoms with van der Waals surface area (Å²) >= 11 is 0. The van der Waals surface area contributed by atoms with Crippen molar-refractivity contribution in [3.8, 4) is 11.3 Å². The van der Waals surface area contributed by atoms with Crippen LogP contribution in [0.15, 0.2) is 60.7 Å². The van der Waals surface area contributed by atoms with Gasteiger partial charge >= 0.3 is 12.2 Å². The minimum atomic E-state index is -2.03. The van der Waals surface area contributed by atoms with Gasteiger partial charge in [0.25, 0.3) is 5.91 Å². The van der Waals surface area contributed by atoms with Gasteiger partial charge < -0.3 is 30.5 Å². The number of benzene rings is 2. The van der Waals surface area contributed by atoms with Gasteiger partial charge in [-0.2, -0.15) is 0 Å². The number of hydrazine groups is 1. The topological polar surface area (TPSA) is 171 Å². The molecule has 0 aliphatic rings. The SMILES string of the molecule is [2H][2H].[2H][2H].[2H][2H].[2H][2H].[2H][2H].[2H][2H].[2H][2H].[2H][2H].[2H][2H].[2H][2H].[2H][2H].[2H][2H].[2H][2H].[2H][2H].[2H][2H].[2H][2H].[2H]c1c([2H])c(C(C)(C)N(C[C@](C)(O)[C@@H](NC(=O)[C@@](C)(NC(=O)OC(C)C)C(C)(CC)C(C)(C)C)C(C)(C)c2ccccc2C)NC(=O)[C@@H](NC(=O)OC)C(C)(CC)C(C)C)c(C)c([2H])c1-c1ncccc1C.[HH].[HH].[HH].[HH].[HH].[HH].[HH].[HH].[HH].[HH].[HH].[HH].[HH].[HH].[HH].[HH].[HH].[HH].[HH].[HH].[HH].[HH].[HH].[HH].[HH].[HH].[HH].[HH].[HH].[HH].[HH].[HH].[HH].[HH].[HH].[HH].[HH].[HH].[HH].[HH].[HH].[HH].[HH].[HH].[HH].[HH].[HH].[HH].[HH].[HH].[HH].[HH].[HH].[HH].[HH].[HH].[HH].[HH].[HH].[HH].[HH].[HH].[HH].[HH].[HH].[HH].[HH].[HH].[HH].[HH].[HH].[HH].[HH].[HH].[HH].[HH].[HH].[HH].[HH].[HH].[HH].[HH].[HH].[HH].[HH].[HH].[HH].[HH].[HH].[HH].[HH].[HH].[HH].[HH].[HH].[HH].[HH].[HH].[HH].[HH].[HH].[HH].[HH].[HH].[HH].[HH].[HH].[HH].[HH].[HH].[HH].[HH].[HH].[HH].[HH].[HH].[HH].[HH].[HH].[HH].[HH].[HH].[HH].[HH].[HH].[HH].[HH].[HH].[HH].[HH].[HH].[HH].[HH]. The lowest BCUT2D eigenvalue weighted by Gasteiger charge is -2.54. The molecule has 2 unspecified atom stereocenters.